The summed E-state index contributed by atoms with van der Waals surface area (Å²) < 4.78 is 0. The van der Waals surface area contributed by atoms with Crippen molar-refractivity contribution in [3.8, 4) is 0 Å². The molecule has 0 heterocycles. The van der Waals surface area contributed by atoms with E-state index in [-0.39, 0.29) is 32.2 Å². The van der Waals surface area contributed by atoms with E-state index in [1.54, 1.807) is 4.90 Å². The number of nitrogens with zero attached hydrogens (tertiary/aromatic N) is 1. The Morgan fingerprint density at radius 1 is 1.47 bits per heavy atom. The van der Waals surface area contributed by atoms with Crippen molar-refractivity contribution >= 4 is 11.9 Å². The van der Waals surface area contributed by atoms with Crippen molar-refractivity contribution in [3.05, 3.63) is 0 Å². The van der Waals surface area contributed by atoms with Crippen molar-refractivity contribution < 1.29 is 19.8 Å². The molecule has 6 nitrogen and oxygen atoms in total. The number of aliphatic hydroxyl groups is 1. The molecule has 6 heteroatoms. The van der Waals surface area contributed by atoms with Crippen LogP contribution >= 0.6 is 0 Å². The highest BCUT2D eigenvalue weighted by molar-refractivity contribution is 5.76. The van der Waals surface area contributed by atoms with Gasteiger partial charge in [0.2, 0.25) is 5.91 Å². The zero-order valence-corrected chi connectivity index (χ0v) is 8.85. The lowest BCUT2D eigenvalue weighted by Crippen LogP contribution is -2.43. The van der Waals surface area contributed by atoms with Gasteiger partial charge >= 0.3 is 5.97 Å². The molecule has 0 saturated carbocycles. The van der Waals surface area contributed by atoms with E-state index in [9.17, 15) is 9.59 Å². The van der Waals surface area contributed by atoms with Gasteiger partial charge in [-0.25, -0.2) is 0 Å². The van der Waals surface area contributed by atoms with Gasteiger partial charge < -0.3 is 15.9 Å². The lowest BCUT2D eigenvalue weighted by Gasteiger charge is -2.27. The predicted molar refractivity (Wildman–Crippen MR) is 54.2 cm³/mol. The van der Waals surface area contributed by atoms with Crippen molar-refractivity contribution in [2.45, 2.75) is 25.8 Å². The molecule has 0 aromatic carbocycles. The zero-order chi connectivity index (χ0) is 11.8. The van der Waals surface area contributed by atoms with Gasteiger partial charge in [-0.3, -0.25) is 14.5 Å². The Morgan fingerprint density at radius 2 is 2.07 bits per heavy atom. The molecule has 0 bridgehead atoms. The van der Waals surface area contributed by atoms with E-state index in [0.29, 0.717) is 6.42 Å². The number of carboxylic acids is 1. The molecule has 0 radical (unpaired) electrons. The molecule has 1 atom stereocenters. The fourth-order valence-corrected chi connectivity index (χ4v) is 1.33. The van der Waals surface area contributed by atoms with Crippen LogP contribution in [0.2, 0.25) is 0 Å². The van der Waals surface area contributed by atoms with E-state index in [1.807, 2.05) is 6.92 Å². The van der Waals surface area contributed by atoms with Gasteiger partial charge in [-0.05, 0) is 6.42 Å². The standard InChI is InChI=1S/C9H18N2O4/c1-2-7(6-12)11(5-8(10)13)4-3-9(14)15/h7,12H,2-6H2,1H3,(H2,10,13)(H,14,15). The first kappa shape index (κ1) is 13.9. The third-order valence-corrected chi connectivity index (χ3v) is 2.17. The van der Waals surface area contributed by atoms with Crippen LogP contribution in [0.15, 0.2) is 0 Å². The molecule has 88 valence electrons. The maximum absolute atomic E-state index is 10.7. The van der Waals surface area contributed by atoms with Gasteiger partial charge in [-0.15, -0.1) is 0 Å². The van der Waals surface area contributed by atoms with Crippen LogP contribution in [0.4, 0.5) is 0 Å². The summed E-state index contributed by atoms with van der Waals surface area (Å²) in [5, 5.41) is 17.6. The van der Waals surface area contributed by atoms with E-state index < -0.39 is 11.9 Å². The van der Waals surface area contributed by atoms with Gasteiger partial charge in [-0.1, -0.05) is 6.92 Å². The SMILES string of the molecule is CCC(CO)N(CCC(=O)O)CC(N)=O. The number of rotatable bonds is 8. The smallest absolute Gasteiger partial charge is 0.304 e. The Morgan fingerprint density at radius 3 is 2.40 bits per heavy atom. The second kappa shape index (κ2) is 7.19. The first-order valence-corrected chi connectivity index (χ1v) is 4.86. The van der Waals surface area contributed by atoms with Crippen LogP contribution in [-0.2, 0) is 9.59 Å². The summed E-state index contributed by atoms with van der Waals surface area (Å²) in [7, 11) is 0. The number of carboxylic acid groups (broad SMARTS) is 1. The molecule has 0 saturated heterocycles. The zero-order valence-electron chi connectivity index (χ0n) is 8.85. The molecular formula is C9H18N2O4. The van der Waals surface area contributed by atoms with E-state index in [4.69, 9.17) is 15.9 Å². The van der Waals surface area contributed by atoms with Crippen molar-refractivity contribution in [2.75, 3.05) is 19.7 Å². The molecule has 15 heavy (non-hydrogen) atoms. The number of amides is 1. The fraction of sp³-hybridized carbons (Fsp3) is 0.778. The van der Waals surface area contributed by atoms with E-state index in [0.717, 1.165) is 0 Å². The van der Waals surface area contributed by atoms with Crippen LogP contribution in [0.3, 0.4) is 0 Å². The molecule has 0 aromatic heterocycles. The molecular weight excluding hydrogens is 200 g/mol. The summed E-state index contributed by atoms with van der Waals surface area (Å²) in [6, 6.07) is -0.211. The summed E-state index contributed by atoms with van der Waals surface area (Å²) in [4.78, 5) is 22.7. The number of aliphatic carboxylic acids is 1. The Kier molecular flexibility index (Phi) is 6.64. The summed E-state index contributed by atoms with van der Waals surface area (Å²) in [6.45, 7) is 1.95. The molecule has 0 aliphatic rings. The monoisotopic (exact) mass is 218 g/mol. The topological polar surface area (TPSA) is 104 Å². The highest BCUT2D eigenvalue weighted by Gasteiger charge is 2.18. The summed E-state index contributed by atoms with van der Waals surface area (Å²) in [5.41, 5.74) is 5.04. The maximum atomic E-state index is 10.7. The van der Waals surface area contributed by atoms with E-state index in [2.05, 4.69) is 0 Å². The van der Waals surface area contributed by atoms with Crippen LogP contribution in [0.1, 0.15) is 19.8 Å². The molecule has 1 unspecified atom stereocenters. The van der Waals surface area contributed by atoms with E-state index >= 15 is 0 Å². The number of aliphatic hydroxyl groups excluding tert-OH is 1. The second-order valence-electron chi connectivity index (χ2n) is 3.33. The first-order valence-electron chi connectivity index (χ1n) is 4.86. The number of carbonyl (C=O) groups is 2. The summed E-state index contributed by atoms with van der Waals surface area (Å²) in [5.74, 6) is -1.45. The van der Waals surface area contributed by atoms with Gasteiger partial charge in [0.25, 0.3) is 0 Å². The highest BCUT2D eigenvalue weighted by Crippen LogP contribution is 2.04. The molecule has 0 aliphatic carbocycles. The first-order chi connectivity index (χ1) is 7.01. The Labute approximate surface area is 88.7 Å². The molecule has 0 spiro atoms. The summed E-state index contributed by atoms with van der Waals surface area (Å²) >= 11 is 0. The van der Waals surface area contributed by atoms with Crippen molar-refractivity contribution in [1.82, 2.24) is 4.90 Å². The molecule has 4 N–H and O–H groups in total. The number of primary amides is 1. The van der Waals surface area contributed by atoms with Gasteiger partial charge in [0.15, 0.2) is 0 Å². The summed E-state index contributed by atoms with van der Waals surface area (Å²) in [6.07, 6.45) is 0.577. The number of carbonyl (C=O) groups excluding carboxylic acids is 1. The molecule has 0 fully saturated rings. The average molecular weight is 218 g/mol. The third kappa shape index (κ3) is 6.03. The number of hydrogen-bond acceptors (Lipinski definition) is 4. The maximum Gasteiger partial charge on any atom is 0.304 e. The van der Waals surface area contributed by atoms with Crippen molar-refractivity contribution in [3.63, 3.8) is 0 Å². The van der Waals surface area contributed by atoms with Crippen molar-refractivity contribution in [1.29, 1.82) is 0 Å². The average Bonchev–Trinajstić information content (AvgIpc) is 2.14. The molecule has 0 rings (SSSR count). The largest absolute Gasteiger partial charge is 0.481 e. The minimum Gasteiger partial charge on any atom is -0.481 e. The van der Waals surface area contributed by atoms with Gasteiger partial charge in [0.05, 0.1) is 19.6 Å². The number of hydrogen-bond donors (Lipinski definition) is 3. The van der Waals surface area contributed by atoms with Crippen LogP contribution in [0.5, 0.6) is 0 Å². The predicted octanol–water partition coefficient (Wildman–Crippen LogP) is -0.981. The lowest BCUT2D eigenvalue weighted by molar-refractivity contribution is -0.138. The Balaban J connectivity index is 4.27. The fourth-order valence-electron chi connectivity index (χ4n) is 1.33. The Hall–Kier alpha value is -1.14. The highest BCUT2D eigenvalue weighted by atomic mass is 16.4. The second-order valence-corrected chi connectivity index (χ2v) is 3.33. The van der Waals surface area contributed by atoms with E-state index in [1.165, 1.54) is 0 Å². The quantitative estimate of drug-likeness (QED) is 0.485. The third-order valence-electron chi connectivity index (χ3n) is 2.17. The van der Waals surface area contributed by atoms with Crippen LogP contribution in [0.25, 0.3) is 0 Å². The lowest BCUT2D eigenvalue weighted by atomic mass is 10.2. The molecule has 0 aliphatic heterocycles. The molecule has 1 amide bonds. The Bertz CT molecular complexity index is 216. The minimum absolute atomic E-state index is 0.0215. The normalized spacial score (nSPS) is 12.7. The van der Waals surface area contributed by atoms with Crippen LogP contribution < -0.4 is 5.73 Å². The van der Waals surface area contributed by atoms with Crippen LogP contribution in [-0.4, -0.2) is 52.7 Å². The molecule has 0 aromatic rings. The van der Waals surface area contributed by atoms with Gasteiger partial charge in [0.1, 0.15) is 0 Å². The van der Waals surface area contributed by atoms with Gasteiger partial charge in [0, 0.05) is 12.6 Å². The van der Waals surface area contributed by atoms with Gasteiger partial charge in [-0.2, -0.15) is 0 Å². The number of nitrogens with two attached hydrogens (primary N) is 1. The van der Waals surface area contributed by atoms with Crippen LogP contribution in [0, 0.1) is 0 Å². The van der Waals surface area contributed by atoms with Crippen molar-refractivity contribution in [2.24, 2.45) is 5.73 Å². The minimum atomic E-state index is -0.933.